The third-order valence-electron chi connectivity index (χ3n) is 4.07. The van der Waals surface area contributed by atoms with Crippen LogP contribution in [0.1, 0.15) is 46.9 Å². The summed E-state index contributed by atoms with van der Waals surface area (Å²) in [6, 6.07) is 1.87. The van der Waals surface area contributed by atoms with Crippen LogP contribution < -0.4 is 0 Å². The van der Waals surface area contributed by atoms with Crippen molar-refractivity contribution in [3.05, 3.63) is 34.8 Å². The Morgan fingerprint density at radius 2 is 2.17 bits per heavy atom. The van der Waals surface area contributed by atoms with Crippen molar-refractivity contribution in [2.75, 3.05) is 6.54 Å². The first-order chi connectivity index (χ1) is 11.5. The maximum Gasteiger partial charge on any atom is 0.303 e. The number of aromatic nitrogens is 3. The molecule has 24 heavy (non-hydrogen) atoms. The van der Waals surface area contributed by atoms with E-state index in [0.29, 0.717) is 49.8 Å². The van der Waals surface area contributed by atoms with Crippen LogP contribution >= 0.6 is 0 Å². The van der Waals surface area contributed by atoms with Crippen LogP contribution in [0, 0.1) is 6.92 Å². The number of amides is 1. The zero-order chi connectivity index (χ0) is 17.3. The number of fused-ring (bicyclic) bond motifs is 1. The Morgan fingerprint density at radius 1 is 1.38 bits per heavy atom. The molecule has 0 atom stereocenters. The van der Waals surface area contributed by atoms with Gasteiger partial charge in [-0.2, -0.15) is 5.10 Å². The molecule has 128 valence electrons. The van der Waals surface area contributed by atoms with E-state index in [1.54, 1.807) is 11.8 Å². The molecule has 3 rings (SSSR count). The van der Waals surface area contributed by atoms with Gasteiger partial charge < -0.3 is 14.4 Å². The van der Waals surface area contributed by atoms with Crippen LogP contribution in [0.4, 0.5) is 0 Å². The molecular formula is C16H20N4O4. The van der Waals surface area contributed by atoms with E-state index in [-0.39, 0.29) is 12.3 Å². The summed E-state index contributed by atoms with van der Waals surface area (Å²) in [6.45, 7) is 5.25. The highest BCUT2D eigenvalue weighted by Crippen LogP contribution is 2.19. The predicted octanol–water partition coefficient (Wildman–Crippen LogP) is 1.42. The minimum atomic E-state index is -0.842. The fourth-order valence-corrected chi connectivity index (χ4v) is 2.80. The number of aliphatic carboxylic acids is 1. The van der Waals surface area contributed by atoms with Crippen molar-refractivity contribution in [3.63, 3.8) is 0 Å². The molecule has 8 heteroatoms. The smallest absolute Gasteiger partial charge is 0.303 e. The van der Waals surface area contributed by atoms with Gasteiger partial charge in [-0.1, -0.05) is 6.92 Å². The van der Waals surface area contributed by atoms with Gasteiger partial charge >= 0.3 is 5.97 Å². The summed E-state index contributed by atoms with van der Waals surface area (Å²) in [7, 11) is 0. The van der Waals surface area contributed by atoms with Crippen molar-refractivity contribution in [1.82, 2.24) is 19.7 Å². The molecule has 0 aliphatic carbocycles. The van der Waals surface area contributed by atoms with Crippen molar-refractivity contribution >= 4 is 11.9 Å². The van der Waals surface area contributed by atoms with E-state index in [9.17, 15) is 9.59 Å². The minimum absolute atomic E-state index is 0.0517. The fraction of sp³-hybridized carbons (Fsp3) is 0.500. The number of nitrogens with zero attached hydrogens (tertiary/aromatic N) is 4. The molecule has 1 aliphatic heterocycles. The second-order valence-corrected chi connectivity index (χ2v) is 5.85. The van der Waals surface area contributed by atoms with Crippen LogP contribution in [0.15, 0.2) is 10.5 Å². The lowest BCUT2D eigenvalue weighted by molar-refractivity contribution is -0.136. The molecule has 1 N–H and O–H groups in total. The van der Waals surface area contributed by atoms with E-state index in [2.05, 4.69) is 10.1 Å². The number of carboxylic acid groups (broad SMARTS) is 1. The van der Waals surface area contributed by atoms with Gasteiger partial charge in [0.15, 0.2) is 5.89 Å². The largest absolute Gasteiger partial charge is 0.481 e. The first-order valence-corrected chi connectivity index (χ1v) is 8.01. The third kappa shape index (κ3) is 3.17. The molecule has 0 saturated heterocycles. The van der Waals surface area contributed by atoms with Gasteiger partial charge in [-0.3, -0.25) is 14.3 Å². The summed E-state index contributed by atoms with van der Waals surface area (Å²) < 4.78 is 7.39. The lowest BCUT2D eigenvalue weighted by Gasteiger charge is -2.26. The normalized spacial score (nSPS) is 13.8. The zero-order valence-electron chi connectivity index (χ0n) is 13.8. The summed E-state index contributed by atoms with van der Waals surface area (Å²) >= 11 is 0. The van der Waals surface area contributed by atoms with Crippen LogP contribution in [0.3, 0.4) is 0 Å². The van der Waals surface area contributed by atoms with E-state index in [1.165, 1.54) is 0 Å². The van der Waals surface area contributed by atoms with E-state index in [4.69, 9.17) is 9.52 Å². The molecule has 0 fully saturated rings. The van der Waals surface area contributed by atoms with Crippen molar-refractivity contribution in [1.29, 1.82) is 0 Å². The second-order valence-electron chi connectivity index (χ2n) is 5.85. The van der Waals surface area contributed by atoms with Crippen molar-refractivity contribution in [3.8, 4) is 0 Å². The summed E-state index contributed by atoms with van der Waals surface area (Å²) in [4.78, 5) is 29.3. The lowest BCUT2D eigenvalue weighted by Crippen LogP contribution is -2.38. The third-order valence-corrected chi connectivity index (χ3v) is 4.07. The van der Waals surface area contributed by atoms with Gasteiger partial charge in [-0.15, -0.1) is 0 Å². The van der Waals surface area contributed by atoms with Crippen molar-refractivity contribution < 1.29 is 19.1 Å². The maximum atomic E-state index is 12.7. The fourth-order valence-electron chi connectivity index (χ4n) is 2.80. The molecule has 0 unspecified atom stereocenters. The Kier molecular flexibility index (Phi) is 4.37. The molecule has 1 amide bonds. The Hall–Kier alpha value is -2.64. The van der Waals surface area contributed by atoms with Crippen LogP contribution in [-0.2, 0) is 30.7 Å². The van der Waals surface area contributed by atoms with E-state index in [1.807, 2.05) is 17.7 Å². The number of hydrogen-bond acceptors (Lipinski definition) is 5. The standard InChI is InChI=1S/C16H20N4O4/c1-3-13-17-10(2)15(24-13)16(23)19-6-7-20-12(9-19)8-11(18-20)4-5-14(21)22/h8H,3-7,9H2,1-2H3,(H,21,22). The molecule has 0 saturated carbocycles. The van der Waals surface area contributed by atoms with Crippen LogP contribution in [0.5, 0.6) is 0 Å². The SMILES string of the molecule is CCc1nc(C)c(C(=O)N2CCn3nc(CCC(=O)O)cc3C2)o1. The Balaban J connectivity index is 1.73. The molecule has 1 aliphatic rings. The Labute approximate surface area is 139 Å². The van der Waals surface area contributed by atoms with Crippen LogP contribution in [-0.4, -0.2) is 43.2 Å². The summed E-state index contributed by atoms with van der Waals surface area (Å²) in [5.74, 6) is -0.149. The van der Waals surface area contributed by atoms with Gasteiger partial charge in [-0.05, 0) is 13.0 Å². The molecule has 2 aromatic rings. The maximum absolute atomic E-state index is 12.7. The summed E-state index contributed by atoms with van der Waals surface area (Å²) in [5.41, 5.74) is 2.26. The topological polar surface area (TPSA) is 101 Å². The zero-order valence-corrected chi connectivity index (χ0v) is 13.8. The first-order valence-electron chi connectivity index (χ1n) is 8.01. The van der Waals surface area contributed by atoms with E-state index in [0.717, 1.165) is 11.4 Å². The molecule has 0 bridgehead atoms. The van der Waals surface area contributed by atoms with E-state index >= 15 is 0 Å². The Morgan fingerprint density at radius 3 is 2.83 bits per heavy atom. The number of aryl methyl sites for hydroxylation is 3. The predicted molar refractivity (Wildman–Crippen MR) is 83.5 cm³/mol. The molecule has 8 nitrogen and oxygen atoms in total. The van der Waals surface area contributed by atoms with Gasteiger partial charge in [-0.25, -0.2) is 4.98 Å². The highest BCUT2D eigenvalue weighted by molar-refractivity contribution is 5.92. The molecule has 0 aromatic carbocycles. The number of carbonyl (C=O) groups is 2. The number of hydrogen-bond donors (Lipinski definition) is 1. The average molecular weight is 332 g/mol. The van der Waals surface area contributed by atoms with E-state index < -0.39 is 5.97 Å². The highest BCUT2D eigenvalue weighted by Gasteiger charge is 2.27. The number of carboxylic acids is 1. The van der Waals surface area contributed by atoms with Crippen molar-refractivity contribution in [2.24, 2.45) is 0 Å². The number of oxazole rings is 1. The van der Waals surface area contributed by atoms with Gasteiger partial charge in [0.05, 0.1) is 36.6 Å². The lowest BCUT2D eigenvalue weighted by atomic mass is 10.2. The average Bonchev–Trinajstić information content (AvgIpc) is 3.14. The van der Waals surface area contributed by atoms with Crippen LogP contribution in [0.2, 0.25) is 0 Å². The molecule has 0 radical (unpaired) electrons. The molecule has 0 spiro atoms. The van der Waals surface area contributed by atoms with Crippen LogP contribution in [0.25, 0.3) is 0 Å². The monoisotopic (exact) mass is 332 g/mol. The first kappa shape index (κ1) is 16.2. The number of rotatable bonds is 5. The van der Waals surface area contributed by atoms with Gasteiger partial charge in [0, 0.05) is 19.4 Å². The van der Waals surface area contributed by atoms with Crippen molar-refractivity contribution in [2.45, 2.75) is 46.2 Å². The van der Waals surface area contributed by atoms with Gasteiger partial charge in [0.2, 0.25) is 5.76 Å². The summed E-state index contributed by atoms with van der Waals surface area (Å²) in [6.07, 6.45) is 1.09. The highest BCUT2D eigenvalue weighted by atomic mass is 16.4. The number of carbonyl (C=O) groups excluding carboxylic acids is 1. The summed E-state index contributed by atoms with van der Waals surface area (Å²) in [5, 5.41) is 13.2. The second kappa shape index (κ2) is 6.46. The molecule has 2 aromatic heterocycles. The molecule has 3 heterocycles. The minimum Gasteiger partial charge on any atom is -0.481 e. The van der Waals surface area contributed by atoms with Gasteiger partial charge in [0.1, 0.15) is 0 Å². The quantitative estimate of drug-likeness (QED) is 0.888. The van der Waals surface area contributed by atoms with Gasteiger partial charge in [0.25, 0.3) is 5.91 Å². The Bertz CT molecular complexity index is 777. The molecular weight excluding hydrogens is 312 g/mol.